The second kappa shape index (κ2) is 5.65. The van der Waals surface area contributed by atoms with Crippen LogP contribution in [0.25, 0.3) is 0 Å². The van der Waals surface area contributed by atoms with Crippen LogP contribution < -0.4 is 5.32 Å². The molecule has 2 aliphatic heterocycles. The zero-order chi connectivity index (χ0) is 12.4. The quantitative estimate of drug-likeness (QED) is 0.891. The molecule has 0 aliphatic carbocycles. The van der Waals surface area contributed by atoms with Crippen molar-refractivity contribution in [1.29, 1.82) is 0 Å². The molecule has 1 aromatic rings. The van der Waals surface area contributed by atoms with Gasteiger partial charge in [0.2, 0.25) is 0 Å². The summed E-state index contributed by atoms with van der Waals surface area (Å²) >= 11 is 1.84. The molecule has 0 bridgehead atoms. The van der Waals surface area contributed by atoms with Gasteiger partial charge in [-0.1, -0.05) is 0 Å². The van der Waals surface area contributed by atoms with Crippen molar-refractivity contribution in [1.82, 2.24) is 10.3 Å². The number of rotatable bonds is 2. The molecule has 0 radical (unpaired) electrons. The number of morpholine rings is 1. The highest BCUT2D eigenvalue weighted by molar-refractivity contribution is 7.11. The second-order valence-corrected chi connectivity index (χ2v) is 6.01. The largest absolute Gasteiger partial charge is 0.381 e. The van der Waals surface area contributed by atoms with Gasteiger partial charge in [0.05, 0.1) is 22.2 Å². The van der Waals surface area contributed by atoms with E-state index in [1.807, 2.05) is 11.3 Å². The van der Waals surface area contributed by atoms with Crippen molar-refractivity contribution in [3.63, 3.8) is 0 Å². The molecule has 2 fully saturated rings. The molecule has 0 amide bonds. The summed E-state index contributed by atoms with van der Waals surface area (Å²) in [5.74, 6) is 0.591. The van der Waals surface area contributed by atoms with Gasteiger partial charge in [-0.2, -0.15) is 0 Å². The van der Waals surface area contributed by atoms with Gasteiger partial charge >= 0.3 is 0 Å². The minimum Gasteiger partial charge on any atom is -0.381 e. The fourth-order valence-corrected chi connectivity index (χ4v) is 3.87. The van der Waals surface area contributed by atoms with Crippen LogP contribution in [0, 0.1) is 6.92 Å². The lowest BCUT2D eigenvalue weighted by Crippen LogP contribution is -2.33. The number of aromatic nitrogens is 1. The Balaban J connectivity index is 1.76. The van der Waals surface area contributed by atoms with Gasteiger partial charge in [-0.15, -0.1) is 11.3 Å². The fourth-order valence-electron chi connectivity index (χ4n) is 2.58. The van der Waals surface area contributed by atoms with E-state index in [4.69, 9.17) is 14.5 Å². The molecular formula is C13H20N2O2S. The maximum absolute atomic E-state index is 5.83. The van der Waals surface area contributed by atoms with Crippen LogP contribution >= 0.6 is 11.3 Å². The van der Waals surface area contributed by atoms with Crippen molar-refractivity contribution >= 4 is 11.3 Å². The SMILES string of the molecule is Cc1nc(C2CCOCC2)sc1C1CNCCO1. The van der Waals surface area contributed by atoms with E-state index in [9.17, 15) is 0 Å². The zero-order valence-electron chi connectivity index (χ0n) is 10.8. The van der Waals surface area contributed by atoms with Gasteiger partial charge in [0.25, 0.3) is 0 Å². The molecule has 1 N–H and O–H groups in total. The fraction of sp³-hybridized carbons (Fsp3) is 0.769. The van der Waals surface area contributed by atoms with Gasteiger partial charge < -0.3 is 14.8 Å². The van der Waals surface area contributed by atoms with Crippen molar-refractivity contribution in [2.24, 2.45) is 0 Å². The minimum atomic E-state index is 0.199. The number of thiazole rings is 1. The Bertz CT molecular complexity index is 396. The lowest BCUT2D eigenvalue weighted by Gasteiger charge is -2.23. The summed E-state index contributed by atoms with van der Waals surface area (Å²) in [5, 5.41) is 4.66. The molecule has 18 heavy (non-hydrogen) atoms. The summed E-state index contributed by atoms with van der Waals surface area (Å²) in [4.78, 5) is 6.07. The van der Waals surface area contributed by atoms with E-state index < -0.39 is 0 Å². The molecule has 3 heterocycles. The third-order valence-electron chi connectivity index (χ3n) is 3.64. The van der Waals surface area contributed by atoms with Crippen molar-refractivity contribution in [2.45, 2.75) is 31.8 Å². The van der Waals surface area contributed by atoms with E-state index in [2.05, 4.69) is 12.2 Å². The molecule has 3 rings (SSSR count). The third-order valence-corrected chi connectivity index (χ3v) is 5.05. The van der Waals surface area contributed by atoms with Crippen LogP contribution in [0.4, 0.5) is 0 Å². The molecule has 2 saturated heterocycles. The first-order valence-electron chi connectivity index (χ1n) is 6.72. The average Bonchev–Trinajstić information content (AvgIpc) is 2.83. The average molecular weight is 268 g/mol. The Hall–Kier alpha value is -0.490. The summed E-state index contributed by atoms with van der Waals surface area (Å²) in [7, 11) is 0. The van der Waals surface area contributed by atoms with Crippen molar-refractivity contribution in [3.8, 4) is 0 Å². The number of hydrogen-bond acceptors (Lipinski definition) is 5. The van der Waals surface area contributed by atoms with Gasteiger partial charge in [-0.3, -0.25) is 0 Å². The van der Waals surface area contributed by atoms with Crippen LogP contribution in [0.5, 0.6) is 0 Å². The monoisotopic (exact) mass is 268 g/mol. The summed E-state index contributed by atoms with van der Waals surface area (Å²) in [5.41, 5.74) is 1.15. The first-order valence-corrected chi connectivity index (χ1v) is 7.53. The molecular weight excluding hydrogens is 248 g/mol. The number of ether oxygens (including phenoxy) is 2. The van der Waals surface area contributed by atoms with Crippen LogP contribution in [-0.2, 0) is 9.47 Å². The lowest BCUT2D eigenvalue weighted by molar-refractivity contribution is 0.0295. The molecule has 1 aromatic heterocycles. The Morgan fingerprint density at radius 2 is 2.11 bits per heavy atom. The molecule has 5 heteroatoms. The van der Waals surface area contributed by atoms with Crippen LogP contribution in [-0.4, -0.2) is 37.9 Å². The molecule has 100 valence electrons. The third kappa shape index (κ3) is 2.59. The summed E-state index contributed by atoms with van der Waals surface area (Å²) < 4.78 is 11.2. The smallest absolute Gasteiger partial charge is 0.106 e. The van der Waals surface area contributed by atoms with E-state index in [0.29, 0.717) is 5.92 Å². The zero-order valence-corrected chi connectivity index (χ0v) is 11.6. The highest BCUT2D eigenvalue weighted by atomic mass is 32.1. The summed E-state index contributed by atoms with van der Waals surface area (Å²) in [6.07, 6.45) is 2.41. The van der Waals surface area contributed by atoms with E-state index in [1.165, 1.54) is 9.88 Å². The topological polar surface area (TPSA) is 43.4 Å². The molecule has 0 spiro atoms. The first kappa shape index (κ1) is 12.5. The van der Waals surface area contributed by atoms with E-state index in [0.717, 1.165) is 51.4 Å². The van der Waals surface area contributed by atoms with Gasteiger partial charge in [0.15, 0.2) is 0 Å². The molecule has 0 aromatic carbocycles. The first-order chi connectivity index (χ1) is 8.84. The van der Waals surface area contributed by atoms with E-state index in [-0.39, 0.29) is 6.10 Å². The van der Waals surface area contributed by atoms with Gasteiger partial charge in [0.1, 0.15) is 6.10 Å². The molecule has 1 atom stereocenters. The minimum absolute atomic E-state index is 0.199. The number of hydrogen-bond donors (Lipinski definition) is 1. The van der Waals surface area contributed by atoms with Crippen LogP contribution in [0.1, 0.15) is 40.4 Å². The number of aryl methyl sites for hydroxylation is 1. The van der Waals surface area contributed by atoms with Crippen LogP contribution in [0.15, 0.2) is 0 Å². The molecule has 0 saturated carbocycles. The summed E-state index contributed by atoms with van der Waals surface area (Å²) in [6, 6.07) is 0. The van der Waals surface area contributed by atoms with Crippen LogP contribution in [0.2, 0.25) is 0 Å². The standard InChI is InChI=1S/C13H20N2O2S/c1-9-12(11-8-14-4-7-17-11)18-13(15-9)10-2-5-16-6-3-10/h10-11,14H,2-8H2,1H3. The maximum Gasteiger partial charge on any atom is 0.106 e. The van der Waals surface area contributed by atoms with Crippen molar-refractivity contribution < 1.29 is 9.47 Å². The predicted octanol–water partition coefficient (Wildman–Crippen LogP) is 2.01. The Morgan fingerprint density at radius 3 is 2.83 bits per heavy atom. The van der Waals surface area contributed by atoms with Gasteiger partial charge in [0, 0.05) is 32.2 Å². The second-order valence-electron chi connectivity index (χ2n) is 4.95. The molecule has 4 nitrogen and oxygen atoms in total. The Kier molecular flexibility index (Phi) is 3.94. The molecule has 2 aliphatic rings. The number of nitrogens with one attached hydrogen (secondary N) is 1. The van der Waals surface area contributed by atoms with E-state index in [1.54, 1.807) is 0 Å². The highest BCUT2D eigenvalue weighted by Crippen LogP contribution is 2.35. The lowest BCUT2D eigenvalue weighted by atomic mass is 10.0. The van der Waals surface area contributed by atoms with Crippen LogP contribution in [0.3, 0.4) is 0 Å². The highest BCUT2D eigenvalue weighted by Gasteiger charge is 2.25. The van der Waals surface area contributed by atoms with Gasteiger partial charge in [-0.05, 0) is 19.8 Å². The van der Waals surface area contributed by atoms with Gasteiger partial charge in [-0.25, -0.2) is 4.98 Å². The molecule has 1 unspecified atom stereocenters. The maximum atomic E-state index is 5.83. The predicted molar refractivity (Wildman–Crippen MR) is 71.2 cm³/mol. The number of nitrogens with zero attached hydrogens (tertiary/aromatic N) is 1. The van der Waals surface area contributed by atoms with Crippen molar-refractivity contribution in [3.05, 3.63) is 15.6 Å². The van der Waals surface area contributed by atoms with Crippen molar-refractivity contribution in [2.75, 3.05) is 32.9 Å². The Morgan fingerprint density at radius 1 is 1.28 bits per heavy atom. The summed E-state index contributed by atoms with van der Waals surface area (Å²) in [6.45, 7) is 6.53. The normalized spacial score (nSPS) is 26.4. The Labute approximate surface area is 112 Å². The van der Waals surface area contributed by atoms with E-state index >= 15 is 0 Å².